The molecule has 1 heterocycles. The van der Waals surface area contributed by atoms with Crippen LogP contribution in [0.25, 0.3) is 0 Å². The smallest absolute Gasteiger partial charge is 0.0441 e. The molecular weight excluding hydrogens is 160 g/mol. The fraction of sp³-hybridized carbons (Fsp3) is 0.909. The van der Waals surface area contributed by atoms with Crippen LogP contribution >= 0.6 is 0 Å². The van der Waals surface area contributed by atoms with E-state index in [2.05, 4.69) is 37.5 Å². The fourth-order valence-corrected chi connectivity index (χ4v) is 2.20. The third kappa shape index (κ3) is 2.31. The fourth-order valence-electron chi connectivity index (χ4n) is 2.20. The van der Waals surface area contributed by atoms with Gasteiger partial charge in [0.15, 0.2) is 0 Å². The van der Waals surface area contributed by atoms with Crippen molar-refractivity contribution in [3.8, 4) is 0 Å². The van der Waals surface area contributed by atoms with Crippen molar-refractivity contribution < 1.29 is 0 Å². The first kappa shape index (κ1) is 10.7. The predicted molar refractivity (Wildman–Crippen MR) is 58.4 cm³/mol. The Hall–Kier alpha value is -0.370. The zero-order chi connectivity index (χ0) is 9.90. The van der Waals surface area contributed by atoms with E-state index in [0.717, 1.165) is 12.5 Å². The zero-order valence-electron chi connectivity index (χ0n) is 9.21. The largest absolute Gasteiger partial charge is 0.306 e. The molecule has 1 rings (SSSR count). The second-order valence-corrected chi connectivity index (χ2v) is 4.70. The summed E-state index contributed by atoms with van der Waals surface area (Å²) in [4.78, 5) is 6.52. The average molecular weight is 182 g/mol. The van der Waals surface area contributed by atoms with Gasteiger partial charge in [-0.3, -0.25) is 0 Å². The van der Waals surface area contributed by atoms with Crippen molar-refractivity contribution in [1.82, 2.24) is 4.90 Å². The normalized spacial score (nSPS) is 23.4. The van der Waals surface area contributed by atoms with Crippen LogP contribution < -0.4 is 0 Å². The molecule has 2 heteroatoms. The molecule has 0 N–H and O–H groups in total. The lowest BCUT2D eigenvalue weighted by molar-refractivity contribution is 0.0831. The lowest BCUT2D eigenvalue weighted by atomic mass is 9.70. The number of likely N-dealkylation sites (tertiary alicyclic amines) is 1. The SMILES string of the molecule is C=NCC1(C(C)C)CCN(C)CC1. The zero-order valence-corrected chi connectivity index (χ0v) is 9.21. The van der Waals surface area contributed by atoms with Crippen molar-refractivity contribution in [1.29, 1.82) is 0 Å². The Morgan fingerprint density at radius 1 is 1.38 bits per heavy atom. The number of piperidine rings is 1. The molecule has 2 nitrogen and oxygen atoms in total. The van der Waals surface area contributed by atoms with Crippen molar-refractivity contribution in [2.45, 2.75) is 26.7 Å². The molecule has 0 amide bonds. The van der Waals surface area contributed by atoms with Gasteiger partial charge in [-0.15, -0.1) is 0 Å². The van der Waals surface area contributed by atoms with E-state index in [9.17, 15) is 0 Å². The van der Waals surface area contributed by atoms with Crippen molar-refractivity contribution in [2.75, 3.05) is 26.7 Å². The highest BCUT2D eigenvalue weighted by molar-refractivity contribution is 5.23. The second kappa shape index (κ2) is 4.23. The summed E-state index contributed by atoms with van der Waals surface area (Å²) in [6, 6.07) is 0. The Labute approximate surface area is 82.0 Å². The number of rotatable bonds is 3. The standard InChI is InChI=1S/C11H22N2/c1-10(2)11(9-12-3)5-7-13(4)8-6-11/h10H,3,5-9H2,1-2,4H3. The molecule has 0 spiro atoms. The van der Waals surface area contributed by atoms with Crippen LogP contribution in [-0.2, 0) is 0 Å². The van der Waals surface area contributed by atoms with Crippen LogP contribution in [0.1, 0.15) is 26.7 Å². The highest BCUT2D eigenvalue weighted by Crippen LogP contribution is 2.38. The third-order valence-corrected chi connectivity index (χ3v) is 3.63. The summed E-state index contributed by atoms with van der Waals surface area (Å²) in [5.74, 6) is 0.728. The maximum atomic E-state index is 4.11. The molecule has 0 unspecified atom stereocenters. The molecule has 0 aromatic rings. The summed E-state index contributed by atoms with van der Waals surface area (Å²) in [6.45, 7) is 11.6. The Kier molecular flexibility index (Phi) is 3.48. The molecule has 0 aromatic carbocycles. The first-order valence-electron chi connectivity index (χ1n) is 5.22. The van der Waals surface area contributed by atoms with Crippen molar-refractivity contribution in [2.24, 2.45) is 16.3 Å². The third-order valence-electron chi connectivity index (χ3n) is 3.63. The van der Waals surface area contributed by atoms with Gasteiger partial charge in [-0.1, -0.05) is 13.8 Å². The van der Waals surface area contributed by atoms with Gasteiger partial charge in [0.1, 0.15) is 0 Å². The summed E-state index contributed by atoms with van der Waals surface area (Å²) in [6.07, 6.45) is 2.56. The highest BCUT2D eigenvalue weighted by atomic mass is 15.1. The monoisotopic (exact) mass is 182 g/mol. The Morgan fingerprint density at radius 3 is 2.31 bits per heavy atom. The van der Waals surface area contributed by atoms with E-state index in [1.54, 1.807) is 0 Å². The van der Waals surface area contributed by atoms with E-state index in [1.807, 2.05) is 0 Å². The first-order valence-corrected chi connectivity index (χ1v) is 5.22. The minimum absolute atomic E-state index is 0.439. The number of aliphatic imine (C=N–C) groups is 1. The quantitative estimate of drug-likeness (QED) is 0.610. The van der Waals surface area contributed by atoms with E-state index in [-0.39, 0.29) is 0 Å². The van der Waals surface area contributed by atoms with E-state index < -0.39 is 0 Å². The van der Waals surface area contributed by atoms with Gasteiger partial charge in [-0.25, -0.2) is 0 Å². The molecule has 1 fully saturated rings. The number of hydrogen-bond acceptors (Lipinski definition) is 2. The molecule has 1 aliphatic heterocycles. The number of nitrogens with zero attached hydrogens (tertiary/aromatic N) is 2. The van der Waals surface area contributed by atoms with Crippen LogP contribution in [-0.4, -0.2) is 38.3 Å². The molecule has 1 aliphatic rings. The molecule has 0 saturated carbocycles. The van der Waals surface area contributed by atoms with Crippen LogP contribution in [0.2, 0.25) is 0 Å². The summed E-state index contributed by atoms with van der Waals surface area (Å²) in [5, 5.41) is 0. The van der Waals surface area contributed by atoms with E-state index in [0.29, 0.717) is 5.41 Å². The van der Waals surface area contributed by atoms with Crippen LogP contribution in [0.15, 0.2) is 4.99 Å². The molecule has 0 atom stereocenters. The summed E-state index contributed by atoms with van der Waals surface area (Å²) >= 11 is 0. The lowest BCUT2D eigenvalue weighted by Gasteiger charge is -2.42. The summed E-state index contributed by atoms with van der Waals surface area (Å²) in [5.41, 5.74) is 0.439. The van der Waals surface area contributed by atoms with Crippen LogP contribution in [0.3, 0.4) is 0 Å². The lowest BCUT2D eigenvalue weighted by Crippen LogP contribution is -2.42. The highest BCUT2D eigenvalue weighted by Gasteiger charge is 2.35. The minimum atomic E-state index is 0.439. The molecule has 13 heavy (non-hydrogen) atoms. The average Bonchev–Trinajstić information content (AvgIpc) is 2.09. The Balaban J connectivity index is 2.63. The topological polar surface area (TPSA) is 15.6 Å². The van der Waals surface area contributed by atoms with Gasteiger partial charge in [0, 0.05) is 6.54 Å². The first-order chi connectivity index (χ1) is 6.10. The maximum Gasteiger partial charge on any atom is 0.0441 e. The summed E-state index contributed by atoms with van der Waals surface area (Å²) < 4.78 is 0. The van der Waals surface area contributed by atoms with Gasteiger partial charge < -0.3 is 9.89 Å². The van der Waals surface area contributed by atoms with Gasteiger partial charge in [-0.2, -0.15) is 0 Å². The molecular formula is C11H22N2. The second-order valence-electron chi connectivity index (χ2n) is 4.70. The van der Waals surface area contributed by atoms with E-state index in [4.69, 9.17) is 0 Å². The van der Waals surface area contributed by atoms with Gasteiger partial charge in [0.2, 0.25) is 0 Å². The van der Waals surface area contributed by atoms with Crippen LogP contribution in [0, 0.1) is 11.3 Å². The minimum Gasteiger partial charge on any atom is -0.306 e. The van der Waals surface area contributed by atoms with Gasteiger partial charge in [0.25, 0.3) is 0 Å². The van der Waals surface area contributed by atoms with Gasteiger partial charge in [0.05, 0.1) is 0 Å². The van der Waals surface area contributed by atoms with Crippen molar-refractivity contribution in [3.63, 3.8) is 0 Å². The predicted octanol–water partition coefficient (Wildman–Crippen LogP) is 2.06. The molecule has 1 saturated heterocycles. The molecule has 0 bridgehead atoms. The van der Waals surface area contributed by atoms with Crippen LogP contribution in [0.4, 0.5) is 0 Å². The molecule has 0 aromatic heterocycles. The van der Waals surface area contributed by atoms with E-state index in [1.165, 1.54) is 25.9 Å². The van der Waals surface area contributed by atoms with Crippen molar-refractivity contribution in [3.05, 3.63) is 0 Å². The maximum absolute atomic E-state index is 4.11. The van der Waals surface area contributed by atoms with Crippen molar-refractivity contribution >= 4 is 6.72 Å². The van der Waals surface area contributed by atoms with Crippen LogP contribution in [0.5, 0.6) is 0 Å². The molecule has 0 aliphatic carbocycles. The Bertz CT molecular complexity index is 167. The number of hydrogen-bond donors (Lipinski definition) is 0. The molecule has 76 valence electrons. The van der Waals surface area contributed by atoms with Gasteiger partial charge >= 0.3 is 0 Å². The Morgan fingerprint density at radius 2 is 1.92 bits per heavy atom. The van der Waals surface area contributed by atoms with Gasteiger partial charge in [-0.05, 0) is 51.0 Å². The van der Waals surface area contributed by atoms with E-state index >= 15 is 0 Å². The summed E-state index contributed by atoms with van der Waals surface area (Å²) in [7, 11) is 2.20. The molecule has 0 radical (unpaired) electrons.